The van der Waals surface area contributed by atoms with Crippen LogP contribution in [0.15, 0.2) is 30.5 Å². The highest BCUT2D eigenvalue weighted by atomic mass is 15.0. The molecule has 2 nitrogen and oxygen atoms in total. The summed E-state index contributed by atoms with van der Waals surface area (Å²) in [6.07, 6.45) is 7.03. The molecule has 1 aromatic carbocycles. The average molecular weight is 258 g/mol. The van der Waals surface area contributed by atoms with Crippen molar-refractivity contribution in [3.05, 3.63) is 36.0 Å². The van der Waals surface area contributed by atoms with Gasteiger partial charge in [0.1, 0.15) is 0 Å². The summed E-state index contributed by atoms with van der Waals surface area (Å²) in [5.74, 6) is 0.729. The number of hydrogen-bond acceptors (Lipinski definition) is 1. The third kappa shape index (κ3) is 3.38. The number of fused-ring (bicyclic) bond motifs is 1. The highest BCUT2D eigenvalue weighted by Crippen LogP contribution is 2.24. The summed E-state index contributed by atoms with van der Waals surface area (Å²) in [5, 5.41) is 1.42. The van der Waals surface area contributed by atoms with Crippen LogP contribution in [0.25, 0.3) is 10.9 Å². The molecule has 0 saturated carbocycles. The minimum Gasteiger partial charge on any atom is -0.347 e. The molecule has 2 heteroatoms. The van der Waals surface area contributed by atoms with Crippen molar-refractivity contribution in [1.82, 2.24) is 4.57 Å². The van der Waals surface area contributed by atoms with E-state index in [1.165, 1.54) is 29.3 Å². The number of para-hydroxylation sites is 1. The first kappa shape index (κ1) is 14.1. The molecule has 2 rings (SSSR count). The van der Waals surface area contributed by atoms with E-state index >= 15 is 0 Å². The number of aryl methyl sites for hydroxylation is 1. The van der Waals surface area contributed by atoms with E-state index in [-0.39, 0.29) is 0 Å². The van der Waals surface area contributed by atoms with Gasteiger partial charge in [-0.3, -0.25) is 0 Å². The van der Waals surface area contributed by atoms with Crippen LogP contribution in [0.1, 0.15) is 38.7 Å². The summed E-state index contributed by atoms with van der Waals surface area (Å²) in [6.45, 7) is 6.50. The fourth-order valence-electron chi connectivity index (χ4n) is 2.60. The molecule has 0 saturated heterocycles. The monoisotopic (exact) mass is 258 g/mol. The predicted molar refractivity (Wildman–Crippen MR) is 83.4 cm³/mol. The van der Waals surface area contributed by atoms with Gasteiger partial charge >= 0.3 is 0 Å². The molecule has 19 heavy (non-hydrogen) atoms. The maximum Gasteiger partial charge on any atom is 0.0483 e. The van der Waals surface area contributed by atoms with Crippen LogP contribution in [0.3, 0.4) is 0 Å². The lowest BCUT2D eigenvalue weighted by molar-refractivity contribution is 0.477. The first-order chi connectivity index (χ1) is 9.26. The second-order valence-electron chi connectivity index (χ2n) is 5.58. The van der Waals surface area contributed by atoms with Gasteiger partial charge in [-0.15, -0.1) is 0 Å². The fraction of sp³-hybridized carbons (Fsp3) is 0.529. The van der Waals surface area contributed by atoms with Crippen LogP contribution in [-0.4, -0.2) is 11.1 Å². The van der Waals surface area contributed by atoms with Crippen molar-refractivity contribution >= 4 is 10.9 Å². The maximum atomic E-state index is 5.59. The summed E-state index contributed by atoms with van der Waals surface area (Å²) in [6, 6.07) is 8.77. The standard InChI is InChI=1S/C17H26N2/c1-3-14(2)12-19-13-15(8-6-7-11-18)16-9-4-5-10-17(16)19/h4-5,9-10,13-14H,3,6-8,11-12,18H2,1-2H3. The van der Waals surface area contributed by atoms with Gasteiger partial charge in [-0.2, -0.15) is 0 Å². The normalized spacial score (nSPS) is 13.0. The van der Waals surface area contributed by atoms with E-state index in [2.05, 4.69) is 48.9 Å². The van der Waals surface area contributed by atoms with Gasteiger partial charge in [-0.25, -0.2) is 0 Å². The Bertz CT molecular complexity index is 513. The zero-order chi connectivity index (χ0) is 13.7. The number of unbranched alkanes of at least 4 members (excludes halogenated alkanes) is 1. The Balaban J connectivity index is 2.26. The third-order valence-corrected chi connectivity index (χ3v) is 3.98. The van der Waals surface area contributed by atoms with Crippen molar-refractivity contribution in [3.8, 4) is 0 Å². The molecule has 0 aliphatic carbocycles. The van der Waals surface area contributed by atoms with Crippen molar-refractivity contribution < 1.29 is 0 Å². The van der Waals surface area contributed by atoms with Gasteiger partial charge in [0, 0.05) is 23.6 Å². The van der Waals surface area contributed by atoms with E-state index in [0.717, 1.165) is 31.8 Å². The Labute approximate surface area is 116 Å². The lowest BCUT2D eigenvalue weighted by Crippen LogP contribution is -2.05. The van der Waals surface area contributed by atoms with Crippen molar-refractivity contribution in [2.24, 2.45) is 11.7 Å². The van der Waals surface area contributed by atoms with Gasteiger partial charge in [0.05, 0.1) is 0 Å². The van der Waals surface area contributed by atoms with Gasteiger partial charge in [-0.05, 0) is 43.4 Å². The molecule has 2 aromatic rings. The molecule has 1 heterocycles. The van der Waals surface area contributed by atoms with Gasteiger partial charge in [0.2, 0.25) is 0 Å². The molecule has 104 valence electrons. The molecule has 0 spiro atoms. The summed E-state index contributed by atoms with van der Waals surface area (Å²) in [5.41, 5.74) is 8.45. The van der Waals surface area contributed by atoms with Crippen molar-refractivity contribution in [2.75, 3.05) is 6.54 Å². The highest BCUT2D eigenvalue weighted by Gasteiger charge is 2.09. The predicted octanol–water partition coefficient (Wildman–Crippen LogP) is 3.97. The number of hydrogen-bond donors (Lipinski definition) is 1. The average Bonchev–Trinajstić information content (AvgIpc) is 2.78. The molecular weight excluding hydrogens is 232 g/mol. The zero-order valence-electron chi connectivity index (χ0n) is 12.2. The lowest BCUT2D eigenvalue weighted by Gasteiger charge is -2.10. The quantitative estimate of drug-likeness (QED) is 0.749. The largest absolute Gasteiger partial charge is 0.347 e. The van der Waals surface area contributed by atoms with E-state index in [4.69, 9.17) is 5.73 Å². The van der Waals surface area contributed by atoms with Crippen LogP contribution in [0.5, 0.6) is 0 Å². The molecular formula is C17H26N2. The van der Waals surface area contributed by atoms with Crippen LogP contribution in [0, 0.1) is 5.92 Å². The third-order valence-electron chi connectivity index (χ3n) is 3.98. The topological polar surface area (TPSA) is 30.9 Å². The fourth-order valence-corrected chi connectivity index (χ4v) is 2.60. The smallest absolute Gasteiger partial charge is 0.0483 e. The van der Waals surface area contributed by atoms with Crippen LogP contribution < -0.4 is 5.73 Å². The Morgan fingerprint density at radius 3 is 2.74 bits per heavy atom. The van der Waals surface area contributed by atoms with E-state index in [1.54, 1.807) is 0 Å². The molecule has 0 radical (unpaired) electrons. The Morgan fingerprint density at radius 2 is 2.00 bits per heavy atom. The van der Waals surface area contributed by atoms with Crippen molar-refractivity contribution in [3.63, 3.8) is 0 Å². The van der Waals surface area contributed by atoms with Gasteiger partial charge < -0.3 is 10.3 Å². The van der Waals surface area contributed by atoms with E-state index in [9.17, 15) is 0 Å². The van der Waals surface area contributed by atoms with E-state index in [1.807, 2.05) is 0 Å². The number of nitrogens with zero attached hydrogens (tertiary/aromatic N) is 1. The second-order valence-corrected chi connectivity index (χ2v) is 5.58. The SMILES string of the molecule is CCC(C)Cn1cc(CCCCN)c2ccccc21. The number of nitrogens with two attached hydrogens (primary N) is 1. The summed E-state index contributed by atoms with van der Waals surface area (Å²) in [7, 11) is 0. The van der Waals surface area contributed by atoms with Gasteiger partial charge in [0.25, 0.3) is 0 Å². The molecule has 0 aliphatic heterocycles. The van der Waals surface area contributed by atoms with Gasteiger partial charge in [0.15, 0.2) is 0 Å². The molecule has 1 unspecified atom stereocenters. The molecule has 1 aromatic heterocycles. The van der Waals surface area contributed by atoms with Crippen LogP contribution in [-0.2, 0) is 13.0 Å². The summed E-state index contributed by atoms with van der Waals surface area (Å²) in [4.78, 5) is 0. The lowest BCUT2D eigenvalue weighted by atomic mass is 10.1. The van der Waals surface area contributed by atoms with Crippen LogP contribution in [0.4, 0.5) is 0 Å². The Kier molecular flexibility index (Phi) is 5.03. The Hall–Kier alpha value is -1.28. The minimum absolute atomic E-state index is 0.729. The van der Waals surface area contributed by atoms with E-state index < -0.39 is 0 Å². The van der Waals surface area contributed by atoms with E-state index in [0.29, 0.717) is 0 Å². The van der Waals surface area contributed by atoms with Crippen LogP contribution in [0.2, 0.25) is 0 Å². The number of aromatic nitrogens is 1. The molecule has 2 N–H and O–H groups in total. The highest BCUT2D eigenvalue weighted by molar-refractivity contribution is 5.83. The molecule has 0 aliphatic rings. The summed E-state index contributed by atoms with van der Waals surface area (Å²) < 4.78 is 2.43. The second kappa shape index (κ2) is 6.76. The first-order valence-corrected chi connectivity index (χ1v) is 7.53. The first-order valence-electron chi connectivity index (χ1n) is 7.53. The molecule has 0 amide bonds. The Morgan fingerprint density at radius 1 is 1.21 bits per heavy atom. The maximum absolute atomic E-state index is 5.59. The molecule has 1 atom stereocenters. The summed E-state index contributed by atoms with van der Waals surface area (Å²) >= 11 is 0. The molecule has 0 fully saturated rings. The molecule has 0 bridgehead atoms. The van der Waals surface area contributed by atoms with Crippen molar-refractivity contribution in [2.45, 2.75) is 46.1 Å². The zero-order valence-corrected chi connectivity index (χ0v) is 12.2. The number of benzene rings is 1. The minimum atomic E-state index is 0.729. The number of rotatable bonds is 7. The van der Waals surface area contributed by atoms with Gasteiger partial charge in [-0.1, -0.05) is 38.5 Å². The van der Waals surface area contributed by atoms with Crippen molar-refractivity contribution in [1.29, 1.82) is 0 Å². The van der Waals surface area contributed by atoms with Crippen LogP contribution >= 0.6 is 0 Å².